The molecule has 2 aromatic carbocycles. The van der Waals surface area contributed by atoms with Crippen molar-refractivity contribution in [3.05, 3.63) is 54.1 Å². The minimum absolute atomic E-state index is 0.136. The van der Waals surface area contributed by atoms with Crippen LogP contribution >= 0.6 is 0 Å². The Kier molecular flexibility index (Phi) is 5.03. The molecule has 25 heavy (non-hydrogen) atoms. The monoisotopic (exact) mass is 337 g/mol. The van der Waals surface area contributed by atoms with Crippen LogP contribution in [0, 0.1) is 5.92 Å². The zero-order chi connectivity index (χ0) is 17.8. The van der Waals surface area contributed by atoms with E-state index in [0.717, 1.165) is 17.1 Å². The fraction of sp³-hybridized carbons (Fsp3) is 0.300. The molecule has 0 radical (unpaired) electrons. The second kappa shape index (κ2) is 7.38. The fourth-order valence-electron chi connectivity index (χ4n) is 2.86. The highest BCUT2D eigenvalue weighted by atomic mass is 16.2. The summed E-state index contributed by atoms with van der Waals surface area (Å²) in [5.74, 6) is -0.262. The van der Waals surface area contributed by atoms with Crippen LogP contribution in [0.4, 0.5) is 17.1 Å². The zero-order valence-corrected chi connectivity index (χ0v) is 14.5. The zero-order valence-electron chi connectivity index (χ0n) is 14.5. The van der Waals surface area contributed by atoms with Gasteiger partial charge in [0.1, 0.15) is 0 Å². The van der Waals surface area contributed by atoms with Crippen LogP contribution in [0.2, 0.25) is 0 Å². The van der Waals surface area contributed by atoms with Gasteiger partial charge in [0.05, 0.1) is 17.3 Å². The first-order chi connectivity index (χ1) is 12.0. The highest BCUT2D eigenvalue weighted by Crippen LogP contribution is 2.26. The molecule has 2 aromatic rings. The van der Waals surface area contributed by atoms with Gasteiger partial charge in [0, 0.05) is 18.7 Å². The molecular formula is C20H23N3O2. The van der Waals surface area contributed by atoms with E-state index in [0.29, 0.717) is 12.5 Å². The molecule has 3 rings (SSSR count). The van der Waals surface area contributed by atoms with Crippen LogP contribution in [-0.2, 0) is 9.59 Å². The number of para-hydroxylation sites is 2. The number of carbonyl (C=O) groups is 2. The second-order valence-corrected chi connectivity index (χ2v) is 6.64. The van der Waals surface area contributed by atoms with Gasteiger partial charge in [-0.05, 0) is 35.7 Å². The van der Waals surface area contributed by atoms with Crippen LogP contribution in [0.25, 0.3) is 0 Å². The lowest BCUT2D eigenvalue weighted by Crippen LogP contribution is -2.30. The maximum absolute atomic E-state index is 12.4. The minimum Gasteiger partial charge on any atom is -0.383 e. The van der Waals surface area contributed by atoms with Gasteiger partial charge in [-0.25, -0.2) is 0 Å². The van der Waals surface area contributed by atoms with E-state index in [1.807, 2.05) is 48.5 Å². The first-order valence-electron chi connectivity index (χ1n) is 8.56. The lowest BCUT2D eigenvalue weighted by molar-refractivity contribution is -0.124. The molecule has 0 saturated carbocycles. The Morgan fingerprint density at radius 1 is 1.12 bits per heavy atom. The first kappa shape index (κ1) is 17.0. The van der Waals surface area contributed by atoms with Gasteiger partial charge >= 0.3 is 0 Å². The second-order valence-electron chi connectivity index (χ2n) is 6.64. The molecule has 1 aliphatic rings. The van der Waals surface area contributed by atoms with Crippen LogP contribution in [0.15, 0.2) is 48.5 Å². The Labute approximate surface area is 147 Å². The van der Waals surface area contributed by atoms with Gasteiger partial charge in [-0.15, -0.1) is 0 Å². The Morgan fingerprint density at radius 2 is 1.80 bits per heavy atom. The van der Waals surface area contributed by atoms with Crippen molar-refractivity contribution in [1.82, 2.24) is 0 Å². The predicted molar refractivity (Wildman–Crippen MR) is 101 cm³/mol. The van der Waals surface area contributed by atoms with E-state index in [-0.39, 0.29) is 18.2 Å². The number of anilines is 3. The Bertz CT molecular complexity index is 769. The maximum atomic E-state index is 12.4. The van der Waals surface area contributed by atoms with E-state index >= 15 is 0 Å². The van der Waals surface area contributed by atoms with Gasteiger partial charge < -0.3 is 16.0 Å². The molecule has 0 spiro atoms. The molecule has 0 saturated heterocycles. The van der Waals surface area contributed by atoms with E-state index in [1.54, 1.807) is 0 Å². The molecular weight excluding hydrogens is 314 g/mol. The molecule has 0 aromatic heterocycles. The van der Waals surface area contributed by atoms with E-state index in [1.165, 1.54) is 5.56 Å². The summed E-state index contributed by atoms with van der Waals surface area (Å²) in [4.78, 5) is 24.7. The van der Waals surface area contributed by atoms with Gasteiger partial charge in [0.2, 0.25) is 11.8 Å². The summed E-state index contributed by atoms with van der Waals surface area (Å²) >= 11 is 0. The molecule has 130 valence electrons. The number of amides is 2. The minimum atomic E-state index is -0.415. The summed E-state index contributed by atoms with van der Waals surface area (Å²) < 4.78 is 0. The standard InChI is InChI=1S/C20H23N3O2/c1-13(2)14-7-9-16(10-8-14)22-19(24)11-15-12-21-17-5-3-4-6-18(17)23-20(15)25/h3-10,13,15,21H,11-12H2,1-2H3,(H,22,24)(H,23,25). The van der Waals surface area contributed by atoms with E-state index in [9.17, 15) is 9.59 Å². The van der Waals surface area contributed by atoms with Crippen molar-refractivity contribution >= 4 is 28.9 Å². The number of rotatable bonds is 4. The van der Waals surface area contributed by atoms with Gasteiger partial charge in [0.25, 0.3) is 0 Å². The summed E-state index contributed by atoms with van der Waals surface area (Å²) in [6, 6.07) is 15.4. The average molecular weight is 337 g/mol. The van der Waals surface area contributed by atoms with Crippen molar-refractivity contribution in [3.8, 4) is 0 Å². The van der Waals surface area contributed by atoms with E-state index in [2.05, 4.69) is 29.8 Å². The van der Waals surface area contributed by atoms with Crippen molar-refractivity contribution in [2.24, 2.45) is 5.92 Å². The van der Waals surface area contributed by atoms with Crippen LogP contribution in [0.3, 0.4) is 0 Å². The lowest BCUT2D eigenvalue weighted by Gasteiger charge is -2.14. The summed E-state index contributed by atoms with van der Waals surface area (Å²) in [6.07, 6.45) is 0.138. The van der Waals surface area contributed by atoms with Crippen molar-refractivity contribution in [1.29, 1.82) is 0 Å². The van der Waals surface area contributed by atoms with Crippen LogP contribution in [0.1, 0.15) is 31.7 Å². The van der Waals surface area contributed by atoms with Gasteiger partial charge in [-0.2, -0.15) is 0 Å². The summed E-state index contributed by atoms with van der Waals surface area (Å²) in [7, 11) is 0. The Morgan fingerprint density at radius 3 is 2.48 bits per heavy atom. The van der Waals surface area contributed by atoms with Crippen molar-refractivity contribution in [3.63, 3.8) is 0 Å². The van der Waals surface area contributed by atoms with Gasteiger partial charge in [-0.1, -0.05) is 38.1 Å². The maximum Gasteiger partial charge on any atom is 0.229 e. The van der Waals surface area contributed by atoms with Crippen LogP contribution in [0.5, 0.6) is 0 Å². The normalized spacial score (nSPS) is 16.4. The van der Waals surface area contributed by atoms with E-state index < -0.39 is 5.92 Å². The molecule has 0 aliphatic carbocycles. The topological polar surface area (TPSA) is 70.2 Å². The predicted octanol–water partition coefficient (Wildman–Crippen LogP) is 3.82. The van der Waals surface area contributed by atoms with Crippen molar-refractivity contribution < 1.29 is 9.59 Å². The highest BCUT2D eigenvalue weighted by molar-refractivity contribution is 6.01. The summed E-state index contributed by atoms with van der Waals surface area (Å²) in [6.45, 7) is 4.69. The smallest absolute Gasteiger partial charge is 0.229 e. The van der Waals surface area contributed by atoms with Gasteiger partial charge in [0.15, 0.2) is 0 Å². The van der Waals surface area contributed by atoms with Crippen molar-refractivity contribution in [2.75, 3.05) is 22.5 Å². The third-order valence-electron chi connectivity index (χ3n) is 4.39. The number of nitrogens with one attached hydrogen (secondary N) is 3. The van der Waals surface area contributed by atoms with Crippen LogP contribution in [-0.4, -0.2) is 18.4 Å². The average Bonchev–Trinajstić information content (AvgIpc) is 2.74. The summed E-state index contributed by atoms with van der Waals surface area (Å²) in [5.41, 5.74) is 3.60. The highest BCUT2D eigenvalue weighted by Gasteiger charge is 2.25. The first-order valence-corrected chi connectivity index (χ1v) is 8.56. The summed E-state index contributed by atoms with van der Waals surface area (Å²) in [5, 5.41) is 8.98. The third-order valence-corrected chi connectivity index (χ3v) is 4.39. The van der Waals surface area contributed by atoms with Crippen LogP contribution < -0.4 is 16.0 Å². The molecule has 3 N–H and O–H groups in total. The van der Waals surface area contributed by atoms with E-state index in [4.69, 9.17) is 0 Å². The molecule has 1 atom stereocenters. The Balaban J connectivity index is 1.60. The number of fused-ring (bicyclic) bond motifs is 1. The number of carbonyl (C=O) groups excluding carboxylic acids is 2. The molecule has 1 heterocycles. The largest absolute Gasteiger partial charge is 0.383 e. The number of benzene rings is 2. The Hall–Kier alpha value is -2.82. The third kappa shape index (κ3) is 4.18. The SMILES string of the molecule is CC(C)c1ccc(NC(=O)CC2CNc3ccccc3NC2=O)cc1. The molecule has 0 bridgehead atoms. The quantitative estimate of drug-likeness (QED) is 0.794. The molecule has 1 aliphatic heterocycles. The molecule has 2 amide bonds. The number of hydrogen-bond acceptors (Lipinski definition) is 3. The molecule has 5 nitrogen and oxygen atoms in total. The molecule has 5 heteroatoms. The molecule has 0 fully saturated rings. The number of hydrogen-bond donors (Lipinski definition) is 3. The molecule has 1 unspecified atom stereocenters. The van der Waals surface area contributed by atoms with Gasteiger partial charge in [-0.3, -0.25) is 9.59 Å². The lowest BCUT2D eigenvalue weighted by atomic mass is 10.0. The fourth-order valence-corrected chi connectivity index (χ4v) is 2.86. The van der Waals surface area contributed by atoms with Crippen molar-refractivity contribution in [2.45, 2.75) is 26.2 Å².